The van der Waals surface area contributed by atoms with Crippen molar-refractivity contribution in [3.63, 3.8) is 0 Å². The molecule has 2 rings (SSSR count). The van der Waals surface area contributed by atoms with E-state index >= 15 is 0 Å². The molecule has 1 aromatic heterocycles. The quantitative estimate of drug-likeness (QED) is 0.920. The molecule has 1 unspecified atom stereocenters. The fraction of sp³-hybridized carbons (Fsp3) is 0.231. The van der Waals surface area contributed by atoms with E-state index in [1.165, 1.54) is 0 Å². The lowest BCUT2D eigenvalue weighted by Crippen LogP contribution is -2.26. The smallest absolute Gasteiger partial charge is 0.251 e. The maximum absolute atomic E-state index is 12.1. The number of aromatic nitrogens is 1. The molecule has 0 spiro atoms. The van der Waals surface area contributed by atoms with Crippen LogP contribution in [0.3, 0.4) is 0 Å². The van der Waals surface area contributed by atoms with E-state index in [9.17, 15) is 4.79 Å². The van der Waals surface area contributed by atoms with Crippen LogP contribution in [0.5, 0.6) is 0 Å². The van der Waals surface area contributed by atoms with Crippen molar-refractivity contribution in [3.05, 3.63) is 51.1 Å². The monoisotopic (exact) mass is 342 g/mol. The van der Waals surface area contributed by atoms with Gasteiger partial charge in [-0.25, -0.2) is 4.98 Å². The Hall–Kier alpha value is -1.33. The highest BCUT2D eigenvalue weighted by Crippen LogP contribution is 2.23. The molecule has 1 amide bonds. The van der Waals surface area contributed by atoms with Crippen molar-refractivity contribution in [1.29, 1.82) is 0 Å². The van der Waals surface area contributed by atoms with Crippen molar-refractivity contribution < 1.29 is 9.21 Å². The van der Waals surface area contributed by atoms with E-state index in [0.29, 0.717) is 26.7 Å². The number of halogens is 2. The summed E-state index contributed by atoms with van der Waals surface area (Å²) in [5.74, 6) is 0.991. The van der Waals surface area contributed by atoms with E-state index in [1.807, 2.05) is 6.92 Å². The first kappa shape index (κ1) is 14.1. The molecule has 1 aromatic carbocycles. The Kier molecular flexibility index (Phi) is 4.27. The molecule has 0 aliphatic heterocycles. The summed E-state index contributed by atoms with van der Waals surface area (Å²) < 4.78 is 6.05. The SMILES string of the molecule is Cc1cnc(C(C)NC(=O)c2ccc(Cl)c(Br)c2)o1. The number of hydrogen-bond donors (Lipinski definition) is 1. The van der Waals surface area contributed by atoms with E-state index in [1.54, 1.807) is 31.3 Å². The van der Waals surface area contributed by atoms with Crippen LogP contribution in [-0.4, -0.2) is 10.9 Å². The van der Waals surface area contributed by atoms with E-state index in [2.05, 4.69) is 26.2 Å². The van der Waals surface area contributed by atoms with Crippen LogP contribution < -0.4 is 5.32 Å². The second kappa shape index (κ2) is 5.75. The van der Waals surface area contributed by atoms with Crippen LogP contribution in [0.2, 0.25) is 5.02 Å². The van der Waals surface area contributed by atoms with Gasteiger partial charge in [0.05, 0.1) is 11.2 Å². The Morgan fingerprint density at radius 1 is 1.53 bits per heavy atom. The zero-order valence-electron chi connectivity index (χ0n) is 10.4. The first-order valence-electron chi connectivity index (χ1n) is 5.65. The van der Waals surface area contributed by atoms with Gasteiger partial charge in [0.1, 0.15) is 11.8 Å². The van der Waals surface area contributed by atoms with Crippen molar-refractivity contribution in [2.45, 2.75) is 19.9 Å². The van der Waals surface area contributed by atoms with Gasteiger partial charge in [-0.15, -0.1) is 0 Å². The molecule has 0 aliphatic carbocycles. The minimum Gasteiger partial charge on any atom is -0.444 e. The van der Waals surface area contributed by atoms with Gasteiger partial charge in [0.2, 0.25) is 5.89 Å². The number of benzene rings is 1. The maximum atomic E-state index is 12.1. The predicted molar refractivity (Wildman–Crippen MR) is 76.3 cm³/mol. The molecule has 0 radical (unpaired) electrons. The van der Waals surface area contributed by atoms with Gasteiger partial charge in [-0.2, -0.15) is 0 Å². The number of amides is 1. The zero-order chi connectivity index (χ0) is 14.0. The number of oxazole rings is 1. The number of nitrogens with one attached hydrogen (secondary N) is 1. The van der Waals surface area contributed by atoms with Gasteiger partial charge < -0.3 is 9.73 Å². The number of nitrogens with zero attached hydrogens (tertiary/aromatic N) is 1. The summed E-state index contributed by atoms with van der Waals surface area (Å²) in [4.78, 5) is 16.1. The average molecular weight is 344 g/mol. The molecule has 4 nitrogen and oxygen atoms in total. The molecule has 0 saturated heterocycles. The van der Waals surface area contributed by atoms with Crippen molar-refractivity contribution in [2.75, 3.05) is 0 Å². The van der Waals surface area contributed by atoms with Crippen molar-refractivity contribution in [3.8, 4) is 0 Å². The number of carbonyl (C=O) groups is 1. The van der Waals surface area contributed by atoms with Crippen LogP contribution >= 0.6 is 27.5 Å². The molecule has 6 heteroatoms. The standard InChI is InChI=1S/C13H12BrClN2O2/c1-7-6-16-13(19-7)8(2)17-12(18)9-3-4-11(15)10(14)5-9/h3-6,8H,1-2H3,(H,17,18). The largest absolute Gasteiger partial charge is 0.444 e. The lowest BCUT2D eigenvalue weighted by Gasteiger charge is -2.10. The molecular weight excluding hydrogens is 332 g/mol. The molecule has 1 N–H and O–H groups in total. The fourth-order valence-electron chi connectivity index (χ4n) is 1.55. The maximum Gasteiger partial charge on any atom is 0.251 e. The normalized spacial score (nSPS) is 12.2. The van der Waals surface area contributed by atoms with Gasteiger partial charge in [-0.1, -0.05) is 11.6 Å². The Morgan fingerprint density at radius 2 is 2.26 bits per heavy atom. The Balaban J connectivity index is 2.10. The molecule has 0 bridgehead atoms. The molecule has 0 saturated carbocycles. The second-order valence-electron chi connectivity index (χ2n) is 4.13. The number of carbonyl (C=O) groups excluding carboxylic acids is 1. The van der Waals surface area contributed by atoms with Crippen molar-refractivity contribution in [1.82, 2.24) is 10.3 Å². The zero-order valence-corrected chi connectivity index (χ0v) is 12.7. The van der Waals surface area contributed by atoms with Gasteiger partial charge in [-0.3, -0.25) is 4.79 Å². The third-order valence-corrected chi connectivity index (χ3v) is 3.75. The van der Waals surface area contributed by atoms with Crippen molar-refractivity contribution >= 4 is 33.4 Å². The highest BCUT2D eigenvalue weighted by Gasteiger charge is 2.16. The van der Waals surface area contributed by atoms with Crippen LogP contribution in [0, 0.1) is 6.92 Å². The fourth-order valence-corrected chi connectivity index (χ4v) is 2.05. The summed E-state index contributed by atoms with van der Waals surface area (Å²) in [5, 5.41) is 3.38. The molecule has 19 heavy (non-hydrogen) atoms. The highest BCUT2D eigenvalue weighted by molar-refractivity contribution is 9.10. The second-order valence-corrected chi connectivity index (χ2v) is 5.39. The van der Waals surface area contributed by atoms with Crippen LogP contribution in [0.1, 0.15) is 35.0 Å². The highest BCUT2D eigenvalue weighted by atomic mass is 79.9. The molecule has 100 valence electrons. The third-order valence-electron chi connectivity index (χ3n) is 2.54. The molecule has 0 fully saturated rings. The molecular formula is C13H12BrClN2O2. The van der Waals surface area contributed by atoms with Crippen LogP contribution in [0.25, 0.3) is 0 Å². The Morgan fingerprint density at radius 3 is 2.84 bits per heavy atom. The lowest BCUT2D eigenvalue weighted by molar-refractivity contribution is 0.0934. The third kappa shape index (κ3) is 3.36. The summed E-state index contributed by atoms with van der Waals surface area (Å²) in [6, 6.07) is 4.71. The van der Waals surface area contributed by atoms with Gasteiger partial charge in [0.25, 0.3) is 5.91 Å². The summed E-state index contributed by atoms with van der Waals surface area (Å²) in [7, 11) is 0. The lowest BCUT2D eigenvalue weighted by atomic mass is 10.2. The Bertz CT molecular complexity index is 612. The number of aryl methyl sites for hydroxylation is 1. The molecule has 2 aromatic rings. The van der Waals surface area contributed by atoms with E-state index in [-0.39, 0.29) is 11.9 Å². The predicted octanol–water partition coefficient (Wildman–Crippen LogP) is 3.89. The van der Waals surface area contributed by atoms with E-state index < -0.39 is 0 Å². The van der Waals surface area contributed by atoms with Gasteiger partial charge in [-0.05, 0) is 48.0 Å². The summed E-state index contributed by atoms with van der Waals surface area (Å²) in [5.41, 5.74) is 0.520. The van der Waals surface area contributed by atoms with Crippen molar-refractivity contribution in [2.24, 2.45) is 0 Å². The van der Waals surface area contributed by atoms with Crippen LogP contribution in [-0.2, 0) is 0 Å². The van der Waals surface area contributed by atoms with Gasteiger partial charge >= 0.3 is 0 Å². The molecule has 0 aliphatic rings. The minimum atomic E-state index is -0.296. The first-order chi connectivity index (χ1) is 8.97. The van der Waals surface area contributed by atoms with Gasteiger partial charge in [0, 0.05) is 10.0 Å². The van der Waals surface area contributed by atoms with Gasteiger partial charge in [0.15, 0.2) is 0 Å². The summed E-state index contributed by atoms with van der Waals surface area (Å²) in [6.45, 7) is 3.62. The first-order valence-corrected chi connectivity index (χ1v) is 6.82. The number of hydrogen-bond acceptors (Lipinski definition) is 3. The van der Waals surface area contributed by atoms with E-state index in [0.717, 1.165) is 0 Å². The number of rotatable bonds is 3. The summed E-state index contributed by atoms with van der Waals surface area (Å²) >= 11 is 9.17. The average Bonchev–Trinajstić information content (AvgIpc) is 2.79. The minimum absolute atomic E-state index is 0.208. The topological polar surface area (TPSA) is 55.1 Å². The summed E-state index contributed by atoms with van der Waals surface area (Å²) in [6.07, 6.45) is 1.62. The molecule has 1 heterocycles. The van der Waals surface area contributed by atoms with E-state index in [4.69, 9.17) is 16.0 Å². The molecule has 1 atom stereocenters. The van der Waals surface area contributed by atoms with Crippen LogP contribution in [0.15, 0.2) is 33.3 Å². The Labute approximate surface area is 124 Å². The van der Waals surface area contributed by atoms with Crippen LogP contribution in [0.4, 0.5) is 0 Å².